The summed E-state index contributed by atoms with van der Waals surface area (Å²) in [7, 11) is 0. The zero-order chi connectivity index (χ0) is 47.2. The molecule has 0 bridgehead atoms. The number of carbonyl (C=O) groups is 2. The van der Waals surface area contributed by atoms with Gasteiger partial charge in [-0.3, -0.25) is 9.59 Å². The van der Waals surface area contributed by atoms with E-state index in [1.165, 1.54) is 225 Å². The zero-order valence-corrected chi connectivity index (χ0v) is 43.5. The first-order valence-corrected chi connectivity index (χ1v) is 28.8. The van der Waals surface area contributed by atoms with E-state index in [1.54, 1.807) is 6.08 Å². The summed E-state index contributed by atoms with van der Waals surface area (Å²) in [6, 6.07) is -0.634. The Balaban J connectivity index is 3.43. The summed E-state index contributed by atoms with van der Waals surface area (Å²) < 4.78 is 5.48. The molecule has 382 valence electrons. The Morgan fingerprint density at radius 2 is 0.723 bits per heavy atom. The first kappa shape index (κ1) is 63.1. The van der Waals surface area contributed by atoms with Crippen molar-refractivity contribution in [1.29, 1.82) is 0 Å². The van der Waals surface area contributed by atoms with Crippen molar-refractivity contribution in [3.8, 4) is 0 Å². The van der Waals surface area contributed by atoms with Crippen molar-refractivity contribution in [3.05, 3.63) is 36.5 Å². The summed E-state index contributed by atoms with van der Waals surface area (Å²) in [5.74, 6) is -0.0793. The summed E-state index contributed by atoms with van der Waals surface area (Å²) in [5, 5.41) is 23.0. The standard InChI is InChI=1S/C59H111NO5/c1-3-5-7-9-11-13-15-16-17-18-23-26-29-33-37-41-45-49-53-59(64)65-54-50-46-42-38-34-30-27-24-21-19-20-22-25-28-32-36-40-44-48-52-58(63)60-56(55-61)57(62)51-47-43-39-35-31-14-12-10-8-6-4-2/h17-20,47,51,56-57,61-62H,3-16,21-46,48-50,52-55H2,1-2H3,(H,60,63)/b18-17-,20-19-,51-47+. The number of hydrogen-bond donors (Lipinski definition) is 3. The van der Waals surface area contributed by atoms with Crippen LogP contribution in [-0.2, 0) is 14.3 Å². The molecule has 1 amide bonds. The number of hydrogen-bond acceptors (Lipinski definition) is 5. The van der Waals surface area contributed by atoms with Crippen molar-refractivity contribution in [2.24, 2.45) is 0 Å². The second kappa shape index (κ2) is 54.7. The van der Waals surface area contributed by atoms with Gasteiger partial charge in [0.2, 0.25) is 5.91 Å². The molecule has 65 heavy (non-hydrogen) atoms. The molecule has 0 aliphatic heterocycles. The van der Waals surface area contributed by atoms with Crippen LogP contribution < -0.4 is 5.32 Å². The van der Waals surface area contributed by atoms with Gasteiger partial charge in [-0.1, -0.05) is 243 Å². The SMILES string of the molecule is CCCCCCCCC/C=C\CCCCCCCCCC(=O)OCCCCCCCCCC/C=C\CCCCCCCCCC(=O)NC(CO)C(O)/C=C/CCCCCCCCCCC. The average Bonchev–Trinajstić information content (AvgIpc) is 3.31. The fourth-order valence-electron chi connectivity index (χ4n) is 8.68. The van der Waals surface area contributed by atoms with Crippen LogP contribution in [0.25, 0.3) is 0 Å². The van der Waals surface area contributed by atoms with Crippen molar-refractivity contribution < 1.29 is 24.5 Å². The number of aliphatic hydroxyl groups excluding tert-OH is 2. The van der Waals surface area contributed by atoms with Gasteiger partial charge in [-0.25, -0.2) is 0 Å². The molecular weight excluding hydrogens is 803 g/mol. The summed E-state index contributed by atoms with van der Waals surface area (Å²) >= 11 is 0. The predicted octanol–water partition coefficient (Wildman–Crippen LogP) is 17.6. The Labute approximate surface area is 404 Å². The fraction of sp³-hybridized carbons (Fsp3) is 0.864. The first-order chi connectivity index (χ1) is 32.0. The van der Waals surface area contributed by atoms with Crippen molar-refractivity contribution in [2.75, 3.05) is 13.2 Å². The highest BCUT2D eigenvalue weighted by atomic mass is 16.5. The second-order valence-corrected chi connectivity index (χ2v) is 19.6. The van der Waals surface area contributed by atoms with Crippen molar-refractivity contribution in [3.63, 3.8) is 0 Å². The Kier molecular flexibility index (Phi) is 53.1. The maximum absolute atomic E-state index is 12.4. The molecule has 6 heteroatoms. The van der Waals surface area contributed by atoms with Crippen LogP contribution in [0.2, 0.25) is 0 Å². The van der Waals surface area contributed by atoms with E-state index in [1.807, 2.05) is 6.08 Å². The van der Waals surface area contributed by atoms with Gasteiger partial charge in [-0.15, -0.1) is 0 Å². The van der Waals surface area contributed by atoms with Crippen LogP contribution in [0, 0.1) is 0 Å². The molecule has 0 aromatic rings. The molecule has 0 aromatic heterocycles. The summed E-state index contributed by atoms with van der Waals surface area (Å²) in [6.07, 6.45) is 67.4. The maximum atomic E-state index is 12.4. The van der Waals surface area contributed by atoms with Crippen molar-refractivity contribution in [1.82, 2.24) is 5.32 Å². The van der Waals surface area contributed by atoms with Crippen LogP contribution in [0.5, 0.6) is 0 Å². The Morgan fingerprint density at radius 1 is 0.415 bits per heavy atom. The highest BCUT2D eigenvalue weighted by Crippen LogP contribution is 2.16. The van der Waals surface area contributed by atoms with Gasteiger partial charge in [0, 0.05) is 12.8 Å². The molecule has 0 rings (SSSR count). The molecule has 0 spiro atoms. The summed E-state index contributed by atoms with van der Waals surface area (Å²) in [5.41, 5.74) is 0. The van der Waals surface area contributed by atoms with Crippen LogP contribution in [0.1, 0.15) is 303 Å². The quantitative estimate of drug-likeness (QED) is 0.0321. The van der Waals surface area contributed by atoms with Crippen LogP contribution in [0.3, 0.4) is 0 Å². The topological polar surface area (TPSA) is 95.9 Å². The first-order valence-electron chi connectivity index (χ1n) is 28.8. The number of aliphatic hydroxyl groups is 2. The normalized spacial score (nSPS) is 12.9. The fourth-order valence-corrected chi connectivity index (χ4v) is 8.68. The van der Waals surface area contributed by atoms with Gasteiger partial charge in [0.15, 0.2) is 0 Å². The largest absolute Gasteiger partial charge is 0.466 e. The minimum atomic E-state index is -0.849. The Bertz CT molecular complexity index is 1060. The summed E-state index contributed by atoms with van der Waals surface area (Å²) in [6.45, 7) is 4.88. The number of amides is 1. The number of unbranched alkanes of at least 4 members (excludes halogenated alkanes) is 38. The van der Waals surface area contributed by atoms with Gasteiger partial charge in [0.25, 0.3) is 0 Å². The third kappa shape index (κ3) is 51.3. The lowest BCUT2D eigenvalue weighted by molar-refractivity contribution is -0.143. The molecule has 0 heterocycles. The van der Waals surface area contributed by atoms with Crippen LogP contribution >= 0.6 is 0 Å². The molecule has 0 saturated heterocycles. The smallest absolute Gasteiger partial charge is 0.305 e. The lowest BCUT2D eigenvalue weighted by atomic mass is 10.1. The number of nitrogens with one attached hydrogen (secondary N) is 1. The van der Waals surface area contributed by atoms with E-state index in [0.717, 1.165) is 51.4 Å². The van der Waals surface area contributed by atoms with Crippen molar-refractivity contribution in [2.45, 2.75) is 315 Å². The molecule has 6 nitrogen and oxygen atoms in total. The van der Waals surface area contributed by atoms with Crippen LogP contribution in [0.4, 0.5) is 0 Å². The molecule has 0 saturated carbocycles. The molecule has 0 aliphatic rings. The molecule has 0 aromatic carbocycles. The van der Waals surface area contributed by atoms with E-state index >= 15 is 0 Å². The van der Waals surface area contributed by atoms with Gasteiger partial charge in [0.1, 0.15) is 0 Å². The molecule has 3 N–H and O–H groups in total. The number of rotatable bonds is 53. The Morgan fingerprint density at radius 3 is 1.09 bits per heavy atom. The molecule has 2 unspecified atom stereocenters. The number of ether oxygens (including phenoxy) is 1. The minimum absolute atomic E-state index is 0.000120. The van der Waals surface area contributed by atoms with E-state index in [0.29, 0.717) is 19.4 Å². The monoisotopic (exact) mass is 914 g/mol. The number of carbonyl (C=O) groups excluding carboxylic acids is 2. The lowest BCUT2D eigenvalue weighted by Crippen LogP contribution is -2.45. The third-order valence-electron chi connectivity index (χ3n) is 13.1. The molecule has 0 radical (unpaired) electrons. The van der Waals surface area contributed by atoms with Gasteiger partial charge < -0.3 is 20.3 Å². The van der Waals surface area contributed by atoms with Crippen molar-refractivity contribution >= 4 is 11.9 Å². The Hall–Kier alpha value is -1.92. The second-order valence-electron chi connectivity index (χ2n) is 19.6. The predicted molar refractivity (Wildman–Crippen MR) is 283 cm³/mol. The molecule has 2 atom stereocenters. The highest BCUT2D eigenvalue weighted by molar-refractivity contribution is 5.76. The lowest BCUT2D eigenvalue weighted by Gasteiger charge is -2.20. The molecule has 0 fully saturated rings. The molecular formula is C59H111NO5. The van der Waals surface area contributed by atoms with Gasteiger partial charge in [-0.05, 0) is 83.5 Å². The highest BCUT2D eigenvalue weighted by Gasteiger charge is 2.18. The van der Waals surface area contributed by atoms with Crippen LogP contribution in [0.15, 0.2) is 36.5 Å². The molecule has 0 aliphatic carbocycles. The van der Waals surface area contributed by atoms with Crippen LogP contribution in [-0.4, -0.2) is 47.4 Å². The maximum Gasteiger partial charge on any atom is 0.305 e. The van der Waals surface area contributed by atoms with E-state index in [-0.39, 0.29) is 18.5 Å². The van der Waals surface area contributed by atoms with E-state index in [9.17, 15) is 19.8 Å². The average molecular weight is 915 g/mol. The third-order valence-corrected chi connectivity index (χ3v) is 13.1. The van der Waals surface area contributed by atoms with Gasteiger partial charge >= 0.3 is 5.97 Å². The van der Waals surface area contributed by atoms with E-state index < -0.39 is 12.1 Å². The zero-order valence-electron chi connectivity index (χ0n) is 43.5. The minimum Gasteiger partial charge on any atom is -0.466 e. The van der Waals surface area contributed by atoms with E-state index in [4.69, 9.17) is 4.74 Å². The number of allylic oxidation sites excluding steroid dienone is 5. The summed E-state index contributed by atoms with van der Waals surface area (Å²) in [4.78, 5) is 24.5. The van der Waals surface area contributed by atoms with Gasteiger partial charge in [-0.2, -0.15) is 0 Å². The van der Waals surface area contributed by atoms with Gasteiger partial charge in [0.05, 0.1) is 25.4 Å². The van der Waals surface area contributed by atoms with E-state index in [2.05, 4.69) is 43.5 Å². The number of esters is 1.